The second-order valence-electron chi connectivity index (χ2n) is 4.93. The smallest absolute Gasteiger partial charge is 0.107 e. The Balaban J connectivity index is 2.28. The van der Waals surface area contributed by atoms with E-state index in [4.69, 9.17) is 0 Å². The van der Waals surface area contributed by atoms with Gasteiger partial charge in [-0.3, -0.25) is 0 Å². The van der Waals surface area contributed by atoms with E-state index in [9.17, 15) is 0 Å². The fraction of sp³-hybridized carbons (Fsp3) is 0.750. The van der Waals surface area contributed by atoms with Crippen LogP contribution in [0, 0.1) is 5.92 Å². The molecule has 0 amide bonds. The van der Waals surface area contributed by atoms with Gasteiger partial charge < -0.3 is 15.2 Å². The van der Waals surface area contributed by atoms with Crippen LogP contribution in [0.25, 0.3) is 0 Å². The second-order valence-corrected chi connectivity index (χ2v) is 4.93. The molecule has 0 atom stereocenters. The maximum atomic E-state index is 4.36. The van der Waals surface area contributed by atoms with Gasteiger partial charge in [0.05, 0.1) is 0 Å². The van der Waals surface area contributed by atoms with Crippen molar-refractivity contribution >= 4 is 0 Å². The highest BCUT2D eigenvalue weighted by Gasteiger charge is 2.01. The first-order chi connectivity index (χ1) is 7.58. The van der Waals surface area contributed by atoms with Gasteiger partial charge in [-0.2, -0.15) is 0 Å². The van der Waals surface area contributed by atoms with Crippen LogP contribution in [-0.4, -0.2) is 42.1 Å². The minimum Gasteiger partial charge on any atom is -0.345 e. The van der Waals surface area contributed by atoms with Crippen LogP contribution in [0.5, 0.6) is 0 Å². The Labute approximate surface area is 98.5 Å². The summed E-state index contributed by atoms with van der Waals surface area (Å²) in [6, 6.07) is 0. The van der Waals surface area contributed by atoms with E-state index < -0.39 is 0 Å². The molecule has 1 rings (SSSR count). The number of imidazole rings is 1. The normalized spacial score (nSPS) is 11.6. The van der Waals surface area contributed by atoms with Crippen LogP contribution in [0.2, 0.25) is 0 Å². The molecule has 0 bridgehead atoms. The van der Waals surface area contributed by atoms with Crippen molar-refractivity contribution in [2.45, 2.75) is 26.8 Å². The summed E-state index contributed by atoms with van der Waals surface area (Å²) in [6.45, 7) is 7.39. The van der Waals surface area contributed by atoms with E-state index in [0.29, 0.717) is 5.92 Å². The van der Waals surface area contributed by atoms with Gasteiger partial charge in [0.25, 0.3) is 0 Å². The maximum absolute atomic E-state index is 4.36. The predicted molar refractivity (Wildman–Crippen MR) is 67.4 cm³/mol. The Morgan fingerprint density at radius 3 is 2.81 bits per heavy atom. The first-order valence-corrected chi connectivity index (χ1v) is 5.96. The van der Waals surface area contributed by atoms with Crippen molar-refractivity contribution in [3.63, 3.8) is 0 Å². The van der Waals surface area contributed by atoms with Crippen molar-refractivity contribution in [1.82, 2.24) is 20.2 Å². The van der Waals surface area contributed by atoms with Crippen LogP contribution in [0.1, 0.15) is 25.4 Å². The maximum Gasteiger partial charge on any atom is 0.107 e. The number of hydrogen-bond donors (Lipinski definition) is 2. The molecule has 0 aliphatic rings. The predicted octanol–water partition coefficient (Wildman–Crippen LogP) is 1.26. The molecule has 1 aromatic heterocycles. The Hall–Kier alpha value is -0.870. The van der Waals surface area contributed by atoms with Crippen LogP contribution >= 0.6 is 0 Å². The number of hydrogen-bond acceptors (Lipinski definition) is 3. The molecule has 0 aliphatic heterocycles. The summed E-state index contributed by atoms with van der Waals surface area (Å²) in [5, 5.41) is 3.40. The molecule has 1 aromatic rings. The molecular weight excluding hydrogens is 200 g/mol. The number of aromatic amines is 1. The lowest BCUT2D eigenvalue weighted by Crippen LogP contribution is -2.19. The monoisotopic (exact) mass is 224 g/mol. The Kier molecular flexibility index (Phi) is 5.49. The number of nitrogens with zero attached hydrogens (tertiary/aromatic N) is 2. The fourth-order valence-corrected chi connectivity index (χ4v) is 1.45. The number of likely N-dealkylation sites (N-methyl/N-ethyl adjacent to an activating group) is 1. The Morgan fingerprint density at radius 2 is 2.19 bits per heavy atom. The average Bonchev–Trinajstić information content (AvgIpc) is 2.62. The van der Waals surface area contributed by atoms with Crippen molar-refractivity contribution in [2.75, 3.05) is 27.2 Å². The highest BCUT2D eigenvalue weighted by atomic mass is 15.1. The molecule has 0 saturated carbocycles. The van der Waals surface area contributed by atoms with Crippen LogP contribution < -0.4 is 5.32 Å². The number of aromatic nitrogens is 2. The van der Waals surface area contributed by atoms with Crippen molar-refractivity contribution in [3.8, 4) is 0 Å². The molecule has 4 heteroatoms. The zero-order valence-corrected chi connectivity index (χ0v) is 10.9. The molecular formula is C12H24N4. The van der Waals surface area contributed by atoms with Crippen LogP contribution in [-0.2, 0) is 13.0 Å². The third-order valence-electron chi connectivity index (χ3n) is 2.34. The molecule has 0 aromatic carbocycles. The van der Waals surface area contributed by atoms with E-state index in [0.717, 1.165) is 31.9 Å². The van der Waals surface area contributed by atoms with Crippen molar-refractivity contribution in [2.24, 2.45) is 5.92 Å². The van der Waals surface area contributed by atoms with Crippen LogP contribution in [0.4, 0.5) is 0 Å². The van der Waals surface area contributed by atoms with Gasteiger partial charge >= 0.3 is 0 Å². The standard InChI is InChI=1S/C12H24N4/c1-10(2)7-13-8-11-9-14-12(15-11)5-6-16(3)4/h9-10,13H,5-8H2,1-4H3,(H,14,15). The molecule has 0 fully saturated rings. The first-order valence-electron chi connectivity index (χ1n) is 5.96. The van der Waals surface area contributed by atoms with Crippen molar-refractivity contribution < 1.29 is 0 Å². The summed E-state index contributed by atoms with van der Waals surface area (Å²) >= 11 is 0. The highest BCUT2D eigenvalue weighted by Crippen LogP contribution is 1.99. The summed E-state index contributed by atoms with van der Waals surface area (Å²) < 4.78 is 0. The van der Waals surface area contributed by atoms with E-state index >= 15 is 0 Å². The van der Waals surface area contributed by atoms with Gasteiger partial charge in [-0.1, -0.05) is 13.8 Å². The van der Waals surface area contributed by atoms with E-state index in [1.807, 2.05) is 6.20 Å². The molecule has 0 spiro atoms. The number of rotatable bonds is 7. The largest absolute Gasteiger partial charge is 0.345 e. The SMILES string of the molecule is CC(C)CNCc1cnc(CCN(C)C)[nH]1. The Bertz CT molecular complexity index is 291. The highest BCUT2D eigenvalue weighted by molar-refractivity contribution is 5.01. The minimum atomic E-state index is 0.691. The summed E-state index contributed by atoms with van der Waals surface area (Å²) in [4.78, 5) is 9.87. The first kappa shape index (κ1) is 13.2. The van der Waals surface area contributed by atoms with E-state index in [2.05, 4.69) is 48.1 Å². The molecule has 92 valence electrons. The number of H-pyrrole nitrogens is 1. The zero-order valence-electron chi connectivity index (χ0n) is 10.9. The summed E-state index contributed by atoms with van der Waals surface area (Å²) in [5.41, 5.74) is 1.18. The third kappa shape index (κ3) is 5.28. The quantitative estimate of drug-likeness (QED) is 0.733. The van der Waals surface area contributed by atoms with Gasteiger partial charge in [0.2, 0.25) is 0 Å². The van der Waals surface area contributed by atoms with Gasteiger partial charge in [0.15, 0.2) is 0 Å². The van der Waals surface area contributed by atoms with Gasteiger partial charge in [-0.05, 0) is 26.6 Å². The minimum absolute atomic E-state index is 0.691. The fourth-order valence-electron chi connectivity index (χ4n) is 1.45. The molecule has 4 nitrogen and oxygen atoms in total. The van der Waals surface area contributed by atoms with E-state index in [1.165, 1.54) is 5.69 Å². The molecule has 0 unspecified atom stereocenters. The second kappa shape index (κ2) is 6.66. The Morgan fingerprint density at radius 1 is 1.44 bits per heavy atom. The number of nitrogens with one attached hydrogen (secondary N) is 2. The average molecular weight is 224 g/mol. The lowest BCUT2D eigenvalue weighted by molar-refractivity contribution is 0.410. The van der Waals surface area contributed by atoms with Gasteiger partial charge in [0.1, 0.15) is 5.82 Å². The topological polar surface area (TPSA) is 44.0 Å². The molecule has 16 heavy (non-hydrogen) atoms. The molecule has 0 saturated heterocycles. The van der Waals surface area contributed by atoms with Crippen LogP contribution in [0.15, 0.2) is 6.20 Å². The van der Waals surface area contributed by atoms with Crippen molar-refractivity contribution in [1.29, 1.82) is 0 Å². The van der Waals surface area contributed by atoms with Gasteiger partial charge in [0, 0.05) is 31.4 Å². The molecule has 2 N–H and O–H groups in total. The van der Waals surface area contributed by atoms with Gasteiger partial charge in [-0.15, -0.1) is 0 Å². The van der Waals surface area contributed by atoms with Crippen molar-refractivity contribution in [3.05, 3.63) is 17.7 Å². The van der Waals surface area contributed by atoms with E-state index in [1.54, 1.807) is 0 Å². The molecule has 1 heterocycles. The third-order valence-corrected chi connectivity index (χ3v) is 2.34. The van der Waals surface area contributed by atoms with E-state index in [-0.39, 0.29) is 0 Å². The summed E-state index contributed by atoms with van der Waals surface area (Å²) in [6.07, 6.45) is 2.91. The lowest BCUT2D eigenvalue weighted by Gasteiger charge is -2.07. The van der Waals surface area contributed by atoms with Crippen LogP contribution in [0.3, 0.4) is 0 Å². The zero-order chi connectivity index (χ0) is 12.0. The summed E-state index contributed by atoms with van der Waals surface area (Å²) in [5.74, 6) is 1.77. The molecule has 0 radical (unpaired) electrons. The lowest BCUT2D eigenvalue weighted by atomic mass is 10.2. The van der Waals surface area contributed by atoms with Gasteiger partial charge in [-0.25, -0.2) is 4.98 Å². The molecule has 0 aliphatic carbocycles. The summed E-state index contributed by atoms with van der Waals surface area (Å²) in [7, 11) is 4.15.